The van der Waals surface area contributed by atoms with E-state index in [0.29, 0.717) is 33.6 Å². The summed E-state index contributed by atoms with van der Waals surface area (Å²) in [5.74, 6) is -0.423. The van der Waals surface area contributed by atoms with Crippen molar-refractivity contribution < 1.29 is 9.90 Å². The average molecular weight is 465 g/mol. The molecule has 0 aliphatic heterocycles. The number of nitrogens with zero attached hydrogens (tertiary/aromatic N) is 2. The zero-order valence-corrected chi connectivity index (χ0v) is 19.0. The first-order chi connectivity index (χ1) is 16.0. The van der Waals surface area contributed by atoms with E-state index >= 15 is 0 Å². The molecule has 0 spiro atoms. The molecule has 2 aromatic carbocycles. The lowest BCUT2D eigenvalue weighted by molar-refractivity contribution is -0.130. The van der Waals surface area contributed by atoms with Crippen LogP contribution in [0.15, 0.2) is 53.3 Å². The second-order valence-electron chi connectivity index (χ2n) is 8.72. The Labute approximate surface area is 195 Å². The van der Waals surface area contributed by atoms with E-state index in [1.807, 2.05) is 29.7 Å². The Bertz CT molecular complexity index is 1400. The van der Waals surface area contributed by atoms with Crippen molar-refractivity contribution in [2.24, 2.45) is 0 Å². The fourth-order valence-electron chi connectivity index (χ4n) is 5.01. The van der Waals surface area contributed by atoms with Gasteiger partial charge in [0, 0.05) is 23.2 Å². The van der Waals surface area contributed by atoms with Crippen LogP contribution in [0.4, 0.5) is 0 Å². The maximum absolute atomic E-state index is 13.6. The summed E-state index contributed by atoms with van der Waals surface area (Å²) in [6, 6.07) is 14.2. The maximum atomic E-state index is 13.6. The zero-order chi connectivity index (χ0) is 23.1. The lowest BCUT2D eigenvalue weighted by atomic mass is 9.90. The quantitative estimate of drug-likeness (QED) is 0.422. The molecule has 0 saturated heterocycles. The minimum absolute atomic E-state index is 0.104. The van der Waals surface area contributed by atoms with Crippen LogP contribution in [0.5, 0.6) is 0 Å². The third kappa shape index (κ3) is 3.81. The number of hydrogen-bond acceptors (Lipinski definition) is 4. The molecule has 3 atom stereocenters. The van der Waals surface area contributed by atoms with Crippen LogP contribution in [0.3, 0.4) is 0 Å². The number of aromatic amines is 1. The van der Waals surface area contributed by atoms with E-state index in [1.54, 1.807) is 30.3 Å². The second kappa shape index (κ2) is 8.65. The van der Waals surface area contributed by atoms with Crippen LogP contribution in [-0.4, -0.2) is 31.8 Å². The number of rotatable bonds is 4. The normalized spacial score (nSPS) is 19.6. The molecule has 7 nitrogen and oxygen atoms in total. The largest absolute Gasteiger partial charge is 0.378 e. The number of aromatic nitrogens is 3. The number of halogens is 1. The highest BCUT2D eigenvalue weighted by Crippen LogP contribution is 2.35. The van der Waals surface area contributed by atoms with Gasteiger partial charge in [-0.25, -0.2) is 0 Å². The summed E-state index contributed by atoms with van der Waals surface area (Å²) >= 11 is 6.55. The highest BCUT2D eigenvalue weighted by atomic mass is 35.5. The number of carbonyl (C=O) groups excluding carboxylic acids is 1. The molecule has 1 saturated carbocycles. The Morgan fingerprint density at radius 1 is 1.18 bits per heavy atom. The van der Waals surface area contributed by atoms with Gasteiger partial charge in [-0.15, -0.1) is 0 Å². The van der Waals surface area contributed by atoms with Crippen molar-refractivity contribution in [1.29, 1.82) is 0 Å². The molecule has 1 amide bonds. The van der Waals surface area contributed by atoms with Crippen molar-refractivity contribution in [1.82, 2.24) is 20.1 Å². The molecule has 5 rings (SSSR count). The molecule has 2 aromatic heterocycles. The summed E-state index contributed by atoms with van der Waals surface area (Å²) in [4.78, 5) is 26.3. The van der Waals surface area contributed by atoms with Gasteiger partial charge in [-0.1, -0.05) is 48.0 Å². The third-order valence-corrected chi connectivity index (χ3v) is 6.90. The fourth-order valence-corrected chi connectivity index (χ4v) is 5.27. The summed E-state index contributed by atoms with van der Waals surface area (Å²) in [6.45, 7) is 1.83. The second-order valence-corrected chi connectivity index (χ2v) is 9.13. The van der Waals surface area contributed by atoms with Crippen LogP contribution in [0.25, 0.3) is 21.8 Å². The number of amides is 1. The van der Waals surface area contributed by atoms with Crippen molar-refractivity contribution in [3.8, 4) is 0 Å². The summed E-state index contributed by atoms with van der Waals surface area (Å²) in [5.41, 5.74) is 2.48. The van der Waals surface area contributed by atoms with Gasteiger partial charge in [0.05, 0.1) is 15.9 Å². The van der Waals surface area contributed by atoms with Crippen molar-refractivity contribution >= 4 is 39.3 Å². The van der Waals surface area contributed by atoms with Crippen LogP contribution in [0, 0.1) is 6.92 Å². The third-order valence-electron chi connectivity index (χ3n) is 6.59. The van der Waals surface area contributed by atoms with E-state index in [-0.39, 0.29) is 17.6 Å². The van der Waals surface area contributed by atoms with Gasteiger partial charge in [-0.2, -0.15) is 5.10 Å². The van der Waals surface area contributed by atoms with E-state index in [0.717, 1.165) is 30.2 Å². The van der Waals surface area contributed by atoms with Crippen LogP contribution in [-0.2, 0) is 4.79 Å². The Morgan fingerprint density at radius 2 is 1.97 bits per heavy atom. The minimum atomic E-state index is -1.22. The predicted molar refractivity (Wildman–Crippen MR) is 128 cm³/mol. The van der Waals surface area contributed by atoms with Crippen LogP contribution < -0.4 is 10.9 Å². The van der Waals surface area contributed by atoms with E-state index in [2.05, 4.69) is 15.5 Å². The molecule has 2 heterocycles. The molecule has 4 aromatic rings. The number of H-pyrrole nitrogens is 1. The van der Waals surface area contributed by atoms with Gasteiger partial charge < -0.3 is 15.0 Å². The SMILES string of the molecule is Cc1[nH]nc2c1c(=O)n(C1CCCC(NC(=O)C(O)c3ccccc3)C1)c1cccc(Cl)c21. The Balaban J connectivity index is 1.48. The zero-order valence-electron chi connectivity index (χ0n) is 18.2. The molecular formula is C25H25ClN4O3. The van der Waals surface area contributed by atoms with Crippen molar-refractivity contribution in [2.75, 3.05) is 0 Å². The van der Waals surface area contributed by atoms with Crippen LogP contribution in [0.1, 0.15) is 49.1 Å². The number of aryl methyl sites for hydroxylation is 1. The van der Waals surface area contributed by atoms with Crippen LogP contribution in [0.2, 0.25) is 5.02 Å². The topological polar surface area (TPSA) is 100 Å². The lowest BCUT2D eigenvalue weighted by Gasteiger charge is -2.32. The molecule has 33 heavy (non-hydrogen) atoms. The summed E-state index contributed by atoms with van der Waals surface area (Å²) in [6.07, 6.45) is 1.84. The Morgan fingerprint density at radius 3 is 2.76 bits per heavy atom. The molecule has 1 aliphatic carbocycles. The molecule has 1 aliphatic rings. The van der Waals surface area contributed by atoms with Crippen molar-refractivity contribution in [3.63, 3.8) is 0 Å². The predicted octanol–water partition coefficient (Wildman–Crippen LogP) is 4.17. The monoisotopic (exact) mass is 464 g/mol. The van der Waals surface area contributed by atoms with Gasteiger partial charge in [0.25, 0.3) is 11.5 Å². The average Bonchev–Trinajstić information content (AvgIpc) is 3.21. The van der Waals surface area contributed by atoms with Crippen molar-refractivity contribution in [3.05, 3.63) is 75.2 Å². The number of aliphatic hydroxyl groups is 1. The van der Waals surface area contributed by atoms with E-state index in [9.17, 15) is 14.7 Å². The number of nitrogens with one attached hydrogen (secondary N) is 2. The first kappa shape index (κ1) is 21.7. The van der Waals surface area contributed by atoms with E-state index in [1.165, 1.54) is 0 Å². The molecule has 170 valence electrons. The van der Waals surface area contributed by atoms with Gasteiger partial charge in [-0.3, -0.25) is 14.7 Å². The molecule has 1 fully saturated rings. The smallest absolute Gasteiger partial charge is 0.262 e. The summed E-state index contributed by atoms with van der Waals surface area (Å²) in [5, 5.41) is 22.6. The molecule has 0 bridgehead atoms. The molecule has 0 radical (unpaired) electrons. The van der Waals surface area contributed by atoms with Crippen LogP contribution >= 0.6 is 11.6 Å². The number of benzene rings is 2. The Kier molecular flexibility index (Phi) is 5.68. The molecular weight excluding hydrogens is 440 g/mol. The molecule has 3 N–H and O–H groups in total. The Hall–Kier alpha value is -3.16. The maximum Gasteiger partial charge on any atom is 0.262 e. The highest BCUT2D eigenvalue weighted by molar-refractivity contribution is 6.37. The van der Waals surface area contributed by atoms with Gasteiger partial charge in [0.15, 0.2) is 6.10 Å². The van der Waals surface area contributed by atoms with Crippen molar-refractivity contribution in [2.45, 2.75) is 50.8 Å². The van der Waals surface area contributed by atoms with E-state index < -0.39 is 12.0 Å². The van der Waals surface area contributed by atoms with Gasteiger partial charge in [-0.05, 0) is 50.3 Å². The number of hydrogen-bond donors (Lipinski definition) is 3. The van der Waals surface area contributed by atoms with Gasteiger partial charge in [0.2, 0.25) is 0 Å². The summed E-state index contributed by atoms with van der Waals surface area (Å²) in [7, 11) is 0. The lowest BCUT2D eigenvalue weighted by Crippen LogP contribution is -2.42. The number of carbonyl (C=O) groups is 1. The number of fused-ring (bicyclic) bond motifs is 3. The number of aliphatic hydroxyl groups excluding tert-OH is 1. The highest BCUT2D eigenvalue weighted by Gasteiger charge is 2.29. The minimum Gasteiger partial charge on any atom is -0.378 e. The molecule has 3 unspecified atom stereocenters. The first-order valence-corrected chi connectivity index (χ1v) is 11.5. The standard InChI is InChI=1S/C25H25ClN4O3/c1-14-20-22(29-28-14)21-18(26)11-6-12-19(21)30(25(20)33)17-10-5-9-16(13-17)27-24(32)23(31)15-7-3-2-4-8-15/h2-4,6-8,11-12,16-17,23,31H,5,9-10,13H2,1H3,(H,27,32)(H,28,29). The van der Waals surface area contributed by atoms with Gasteiger partial charge >= 0.3 is 0 Å². The first-order valence-electron chi connectivity index (χ1n) is 11.2. The number of pyridine rings is 1. The fraction of sp³-hybridized carbons (Fsp3) is 0.320. The summed E-state index contributed by atoms with van der Waals surface area (Å²) < 4.78 is 1.82. The van der Waals surface area contributed by atoms with Gasteiger partial charge in [0.1, 0.15) is 5.52 Å². The molecule has 8 heteroatoms. The van der Waals surface area contributed by atoms with E-state index in [4.69, 9.17) is 11.6 Å².